The number of esters is 1. The minimum atomic E-state index is -0.311. The first kappa shape index (κ1) is 16.5. The highest BCUT2D eigenvalue weighted by Gasteiger charge is 2.26. The van der Waals surface area contributed by atoms with Crippen LogP contribution in [0.15, 0.2) is 65.1 Å². The molecule has 0 aliphatic rings. The molecule has 0 unspecified atom stereocenters. The molecule has 0 aliphatic heterocycles. The van der Waals surface area contributed by atoms with Gasteiger partial charge in [0.1, 0.15) is 0 Å². The fourth-order valence-corrected chi connectivity index (χ4v) is 3.70. The Bertz CT molecular complexity index is 791. The monoisotopic (exact) mass is 383 g/mol. The van der Waals surface area contributed by atoms with Crippen molar-refractivity contribution in [2.75, 3.05) is 6.61 Å². The molecule has 4 heteroatoms. The molecule has 0 saturated heterocycles. The summed E-state index contributed by atoms with van der Waals surface area (Å²) in [5.41, 5.74) is 4.41. The number of ether oxygens (including phenoxy) is 1. The highest BCUT2D eigenvalue weighted by Crippen LogP contribution is 2.38. The van der Waals surface area contributed by atoms with E-state index in [-0.39, 0.29) is 5.97 Å². The molecular formula is C20H18BrNO2. The van der Waals surface area contributed by atoms with Gasteiger partial charge in [0, 0.05) is 11.4 Å². The molecule has 0 bridgehead atoms. The first-order valence-corrected chi connectivity index (χ1v) is 8.63. The molecule has 0 N–H and O–H groups in total. The number of nitrogens with zero attached hydrogens (tertiary/aromatic N) is 1. The summed E-state index contributed by atoms with van der Waals surface area (Å²) in [6, 6.07) is 20.0. The van der Waals surface area contributed by atoms with Crippen LogP contribution in [0.4, 0.5) is 0 Å². The molecule has 0 amide bonds. The SMILES string of the molecule is CCOC(=O)c1c(Br)c(-c2ccccc2)n(-c2ccccc2)c1C. The van der Waals surface area contributed by atoms with E-state index in [4.69, 9.17) is 4.74 Å². The zero-order valence-electron chi connectivity index (χ0n) is 13.6. The van der Waals surface area contributed by atoms with Gasteiger partial charge in [0.25, 0.3) is 0 Å². The maximum Gasteiger partial charge on any atom is 0.341 e. The van der Waals surface area contributed by atoms with E-state index in [1.807, 2.05) is 74.5 Å². The van der Waals surface area contributed by atoms with Crippen LogP contribution in [-0.4, -0.2) is 17.1 Å². The molecule has 1 aromatic heterocycles. The molecule has 0 radical (unpaired) electrons. The minimum Gasteiger partial charge on any atom is -0.462 e. The Morgan fingerprint density at radius 3 is 2.21 bits per heavy atom. The molecule has 1 heterocycles. The molecule has 3 rings (SSSR count). The van der Waals surface area contributed by atoms with Crippen molar-refractivity contribution in [1.82, 2.24) is 4.57 Å². The predicted octanol–water partition coefficient (Wildman–Crippen LogP) is 5.39. The Hall–Kier alpha value is -2.33. The number of carbonyl (C=O) groups excluding carboxylic acids is 1. The van der Waals surface area contributed by atoms with Crippen molar-refractivity contribution < 1.29 is 9.53 Å². The van der Waals surface area contributed by atoms with Crippen molar-refractivity contribution >= 4 is 21.9 Å². The number of benzene rings is 2. The molecule has 3 nitrogen and oxygen atoms in total. The summed E-state index contributed by atoms with van der Waals surface area (Å²) in [6.07, 6.45) is 0. The molecule has 0 fully saturated rings. The van der Waals surface area contributed by atoms with Gasteiger partial charge in [0.05, 0.1) is 22.3 Å². The lowest BCUT2D eigenvalue weighted by molar-refractivity contribution is 0.0524. The summed E-state index contributed by atoms with van der Waals surface area (Å²) in [7, 11) is 0. The van der Waals surface area contributed by atoms with E-state index in [0.717, 1.165) is 27.1 Å². The topological polar surface area (TPSA) is 31.2 Å². The fourth-order valence-electron chi connectivity index (χ4n) is 2.85. The molecule has 24 heavy (non-hydrogen) atoms. The highest BCUT2D eigenvalue weighted by molar-refractivity contribution is 9.10. The second kappa shape index (κ2) is 7.05. The third-order valence-corrected chi connectivity index (χ3v) is 4.66. The number of hydrogen-bond acceptors (Lipinski definition) is 2. The van der Waals surface area contributed by atoms with Crippen LogP contribution in [0.25, 0.3) is 16.9 Å². The van der Waals surface area contributed by atoms with Crippen molar-refractivity contribution in [1.29, 1.82) is 0 Å². The molecule has 0 spiro atoms. The maximum atomic E-state index is 12.4. The summed E-state index contributed by atoms with van der Waals surface area (Å²) in [4.78, 5) is 12.4. The predicted molar refractivity (Wildman–Crippen MR) is 99.6 cm³/mol. The van der Waals surface area contributed by atoms with Gasteiger partial charge in [-0.15, -0.1) is 0 Å². The fraction of sp³-hybridized carbons (Fsp3) is 0.150. The van der Waals surface area contributed by atoms with Gasteiger partial charge in [-0.05, 0) is 47.5 Å². The summed E-state index contributed by atoms with van der Waals surface area (Å²) >= 11 is 3.64. The Kier molecular flexibility index (Phi) is 4.86. The minimum absolute atomic E-state index is 0.311. The largest absolute Gasteiger partial charge is 0.462 e. The Morgan fingerprint density at radius 1 is 1.04 bits per heavy atom. The van der Waals surface area contributed by atoms with Gasteiger partial charge >= 0.3 is 5.97 Å². The van der Waals surface area contributed by atoms with E-state index in [0.29, 0.717) is 12.2 Å². The van der Waals surface area contributed by atoms with Gasteiger partial charge < -0.3 is 9.30 Å². The van der Waals surface area contributed by atoms with Gasteiger partial charge in [-0.2, -0.15) is 0 Å². The van der Waals surface area contributed by atoms with Crippen molar-refractivity contribution in [3.05, 3.63) is 76.4 Å². The highest BCUT2D eigenvalue weighted by atomic mass is 79.9. The standard InChI is InChI=1S/C20H18BrNO2/c1-3-24-20(23)17-14(2)22(16-12-8-5-9-13-16)19(18(17)21)15-10-6-4-7-11-15/h4-13H,3H2,1-2H3. The van der Waals surface area contributed by atoms with Gasteiger partial charge in [-0.3, -0.25) is 0 Å². The molecule has 0 aliphatic carbocycles. The van der Waals surface area contributed by atoms with Crippen LogP contribution in [0.3, 0.4) is 0 Å². The number of carbonyl (C=O) groups is 1. The lowest BCUT2D eigenvalue weighted by Gasteiger charge is -2.12. The van der Waals surface area contributed by atoms with Crippen LogP contribution in [0.1, 0.15) is 23.0 Å². The lowest BCUT2D eigenvalue weighted by Crippen LogP contribution is -2.07. The molecule has 0 atom stereocenters. The van der Waals surface area contributed by atoms with Crippen molar-refractivity contribution in [3.63, 3.8) is 0 Å². The van der Waals surface area contributed by atoms with Crippen molar-refractivity contribution in [2.24, 2.45) is 0 Å². The Balaban J connectivity index is 2.30. The second-order valence-corrected chi connectivity index (χ2v) is 6.17. The van der Waals surface area contributed by atoms with Crippen molar-refractivity contribution in [3.8, 4) is 16.9 Å². The smallest absolute Gasteiger partial charge is 0.341 e. The van der Waals surface area contributed by atoms with Crippen LogP contribution in [0.2, 0.25) is 0 Å². The lowest BCUT2D eigenvalue weighted by atomic mass is 10.1. The van der Waals surface area contributed by atoms with Crippen LogP contribution in [0, 0.1) is 6.92 Å². The number of rotatable bonds is 4. The van der Waals surface area contributed by atoms with E-state index in [1.54, 1.807) is 0 Å². The van der Waals surface area contributed by atoms with E-state index < -0.39 is 0 Å². The summed E-state index contributed by atoms with van der Waals surface area (Å²) in [6.45, 7) is 4.10. The Morgan fingerprint density at radius 2 is 1.62 bits per heavy atom. The van der Waals surface area contributed by atoms with Crippen LogP contribution in [0.5, 0.6) is 0 Å². The molecular weight excluding hydrogens is 366 g/mol. The summed E-state index contributed by atoms with van der Waals surface area (Å²) < 4.78 is 8.09. The van der Waals surface area contributed by atoms with E-state index >= 15 is 0 Å². The van der Waals surface area contributed by atoms with Gasteiger partial charge in [-0.25, -0.2) is 4.79 Å². The third-order valence-electron chi connectivity index (χ3n) is 3.89. The van der Waals surface area contributed by atoms with Crippen LogP contribution in [-0.2, 0) is 4.74 Å². The average Bonchev–Trinajstić information content (AvgIpc) is 2.87. The van der Waals surface area contributed by atoms with E-state index in [2.05, 4.69) is 20.5 Å². The maximum absolute atomic E-state index is 12.4. The molecule has 3 aromatic rings. The number of hydrogen-bond donors (Lipinski definition) is 0. The van der Waals surface area contributed by atoms with Crippen molar-refractivity contribution in [2.45, 2.75) is 13.8 Å². The first-order valence-electron chi connectivity index (χ1n) is 7.84. The number of para-hydroxylation sites is 1. The molecule has 0 saturated carbocycles. The number of aromatic nitrogens is 1. The Labute approximate surface area is 150 Å². The van der Waals surface area contributed by atoms with Gasteiger partial charge in [0.15, 0.2) is 0 Å². The zero-order valence-corrected chi connectivity index (χ0v) is 15.2. The third kappa shape index (κ3) is 2.89. The van der Waals surface area contributed by atoms with Crippen LogP contribution >= 0.6 is 15.9 Å². The summed E-state index contributed by atoms with van der Waals surface area (Å²) in [5.74, 6) is -0.311. The van der Waals surface area contributed by atoms with Gasteiger partial charge in [-0.1, -0.05) is 48.5 Å². The van der Waals surface area contributed by atoms with E-state index in [9.17, 15) is 4.79 Å². The second-order valence-electron chi connectivity index (χ2n) is 5.38. The average molecular weight is 384 g/mol. The van der Waals surface area contributed by atoms with Crippen LogP contribution < -0.4 is 0 Å². The first-order chi connectivity index (χ1) is 11.6. The number of halogens is 1. The van der Waals surface area contributed by atoms with E-state index in [1.165, 1.54) is 0 Å². The molecule has 2 aromatic carbocycles. The quantitative estimate of drug-likeness (QED) is 0.565. The summed E-state index contributed by atoms with van der Waals surface area (Å²) in [5, 5.41) is 0. The zero-order chi connectivity index (χ0) is 17.1. The van der Waals surface area contributed by atoms with Gasteiger partial charge in [0.2, 0.25) is 0 Å². The molecule has 122 valence electrons. The normalized spacial score (nSPS) is 10.6.